The van der Waals surface area contributed by atoms with E-state index in [0.29, 0.717) is 23.8 Å². The van der Waals surface area contributed by atoms with Crippen molar-refractivity contribution in [2.45, 2.75) is 32.2 Å². The molecule has 1 fully saturated rings. The van der Waals surface area contributed by atoms with E-state index in [1.165, 1.54) is 12.8 Å². The van der Waals surface area contributed by atoms with Crippen molar-refractivity contribution in [1.82, 2.24) is 15.2 Å². The lowest BCUT2D eigenvalue weighted by Gasteiger charge is -2.12. The summed E-state index contributed by atoms with van der Waals surface area (Å²) in [5, 5.41) is 23.9. The van der Waals surface area contributed by atoms with Crippen LogP contribution in [0.3, 0.4) is 0 Å². The van der Waals surface area contributed by atoms with E-state index >= 15 is 0 Å². The quantitative estimate of drug-likeness (QED) is 0.738. The number of aryl methyl sites for hydroxylation is 1. The van der Waals surface area contributed by atoms with Crippen molar-refractivity contribution in [3.8, 4) is 0 Å². The Morgan fingerprint density at radius 3 is 2.88 bits per heavy atom. The van der Waals surface area contributed by atoms with Crippen LogP contribution in [0.15, 0.2) is 24.3 Å². The number of fused-ring (bicyclic) bond motifs is 1. The van der Waals surface area contributed by atoms with Crippen LogP contribution in [0.4, 0.5) is 5.82 Å². The number of pyridine rings is 1. The molecule has 1 saturated carbocycles. The monoisotopic (exact) mass is 340 g/mol. The largest absolute Gasteiger partial charge is 0.478 e. The van der Waals surface area contributed by atoms with Gasteiger partial charge in [-0.05, 0) is 31.4 Å². The van der Waals surface area contributed by atoms with Crippen LogP contribution >= 0.6 is 11.3 Å². The van der Waals surface area contributed by atoms with Gasteiger partial charge >= 0.3 is 5.97 Å². The Bertz CT molecular complexity index is 933. The number of carbonyl (C=O) groups is 1. The average molecular weight is 340 g/mol. The number of para-hydroxylation sites is 1. The van der Waals surface area contributed by atoms with Gasteiger partial charge in [-0.15, -0.1) is 10.2 Å². The minimum atomic E-state index is -0.982. The molecule has 3 aromatic rings. The summed E-state index contributed by atoms with van der Waals surface area (Å²) in [7, 11) is 0. The van der Waals surface area contributed by atoms with Crippen LogP contribution in [0.5, 0.6) is 0 Å². The molecular formula is C17H16N4O2S. The third-order valence-corrected chi connectivity index (χ3v) is 5.27. The number of nitrogens with zero attached hydrogens (tertiary/aromatic N) is 3. The second-order valence-corrected chi connectivity index (χ2v) is 7.04. The standard InChI is InChI=1S/C17H16N4O2S/c1-9-11-4-2-3-5-12(11)19-15(14(9)17(22)23)18-8-13-20-21-16(24-13)10-6-7-10/h2-5,10H,6-8H2,1H3,(H,18,19)(H,22,23). The Morgan fingerprint density at radius 1 is 1.33 bits per heavy atom. The van der Waals surface area contributed by atoms with E-state index in [9.17, 15) is 9.90 Å². The molecule has 0 bridgehead atoms. The van der Waals surface area contributed by atoms with E-state index in [1.807, 2.05) is 31.2 Å². The van der Waals surface area contributed by atoms with E-state index in [0.717, 1.165) is 20.9 Å². The zero-order valence-corrected chi connectivity index (χ0v) is 13.9. The number of aromatic nitrogens is 3. The minimum absolute atomic E-state index is 0.209. The highest BCUT2D eigenvalue weighted by atomic mass is 32.1. The second kappa shape index (κ2) is 5.83. The Kier molecular flexibility index (Phi) is 3.65. The van der Waals surface area contributed by atoms with Crippen molar-refractivity contribution in [1.29, 1.82) is 0 Å². The molecule has 0 atom stereocenters. The van der Waals surface area contributed by atoms with Crippen molar-refractivity contribution in [2.75, 3.05) is 5.32 Å². The molecule has 2 N–H and O–H groups in total. The molecule has 122 valence electrons. The fraction of sp³-hybridized carbons (Fsp3) is 0.294. The van der Waals surface area contributed by atoms with Gasteiger partial charge in [-0.3, -0.25) is 0 Å². The average Bonchev–Trinajstić information content (AvgIpc) is 3.31. The molecular weight excluding hydrogens is 324 g/mol. The summed E-state index contributed by atoms with van der Waals surface area (Å²) < 4.78 is 0. The molecule has 2 aromatic heterocycles. The molecule has 0 spiro atoms. The topological polar surface area (TPSA) is 88.0 Å². The van der Waals surface area contributed by atoms with Gasteiger partial charge in [0.2, 0.25) is 0 Å². The summed E-state index contributed by atoms with van der Waals surface area (Å²) in [6.07, 6.45) is 2.38. The Morgan fingerprint density at radius 2 is 2.12 bits per heavy atom. The summed E-state index contributed by atoms with van der Waals surface area (Å²) in [6.45, 7) is 2.24. The molecule has 1 aromatic carbocycles. The maximum absolute atomic E-state index is 11.7. The molecule has 6 nitrogen and oxygen atoms in total. The third kappa shape index (κ3) is 2.71. The molecule has 0 saturated heterocycles. The molecule has 4 rings (SSSR count). The highest BCUT2D eigenvalue weighted by Gasteiger charge is 2.27. The lowest BCUT2D eigenvalue weighted by Crippen LogP contribution is -2.11. The molecule has 0 aliphatic heterocycles. The SMILES string of the molecule is Cc1c(C(=O)O)c(NCc2nnc(C3CC3)s2)nc2ccccc12. The number of nitrogens with one attached hydrogen (secondary N) is 1. The fourth-order valence-corrected chi connectivity index (χ4v) is 3.71. The number of hydrogen-bond donors (Lipinski definition) is 2. The normalized spacial score (nSPS) is 14.0. The zero-order chi connectivity index (χ0) is 16.7. The molecule has 7 heteroatoms. The smallest absolute Gasteiger partial charge is 0.339 e. The zero-order valence-electron chi connectivity index (χ0n) is 13.1. The van der Waals surface area contributed by atoms with E-state index in [-0.39, 0.29) is 5.56 Å². The maximum atomic E-state index is 11.7. The first kappa shape index (κ1) is 15.0. The van der Waals surface area contributed by atoms with E-state index in [2.05, 4.69) is 20.5 Å². The van der Waals surface area contributed by atoms with Crippen molar-refractivity contribution >= 4 is 34.0 Å². The van der Waals surface area contributed by atoms with Crippen molar-refractivity contribution < 1.29 is 9.90 Å². The number of carboxylic acids is 1. The van der Waals surface area contributed by atoms with Gasteiger partial charge in [0.25, 0.3) is 0 Å². The van der Waals surface area contributed by atoms with Crippen LogP contribution in [0.2, 0.25) is 0 Å². The predicted octanol–water partition coefficient (Wildman–Crippen LogP) is 3.58. The number of benzene rings is 1. The molecule has 24 heavy (non-hydrogen) atoms. The maximum Gasteiger partial charge on any atom is 0.339 e. The third-order valence-electron chi connectivity index (χ3n) is 4.18. The van der Waals surface area contributed by atoms with Crippen LogP contribution in [-0.2, 0) is 6.54 Å². The minimum Gasteiger partial charge on any atom is -0.478 e. The lowest BCUT2D eigenvalue weighted by atomic mass is 10.0. The molecule has 2 heterocycles. The van der Waals surface area contributed by atoms with E-state index in [1.54, 1.807) is 11.3 Å². The molecule has 0 radical (unpaired) electrons. The van der Waals surface area contributed by atoms with Gasteiger partial charge in [-0.2, -0.15) is 0 Å². The van der Waals surface area contributed by atoms with Gasteiger partial charge in [0.15, 0.2) is 0 Å². The number of anilines is 1. The second-order valence-electron chi connectivity index (χ2n) is 5.94. The summed E-state index contributed by atoms with van der Waals surface area (Å²) in [4.78, 5) is 16.2. The summed E-state index contributed by atoms with van der Waals surface area (Å²) >= 11 is 1.58. The molecule has 1 aliphatic rings. The first-order chi connectivity index (χ1) is 11.6. The van der Waals surface area contributed by atoms with Crippen molar-refractivity contribution in [3.63, 3.8) is 0 Å². The first-order valence-electron chi connectivity index (χ1n) is 7.82. The predicted molar refractivity (Wildman–Crippen MR) is 92.7 cm³/mol. The molecule has 1 aliphatic carbocycles. The Balaban J connectivity index is 1.66. The highest BCUT2D eigenvalue weighted by molar-refractivity contribution is 7.11. The van der Waals surface area contributed by atoms with Gasteiger partial charge < -0.3 is 10.4 Å². The number of aromatic carboxylic acids is 1. The number of hydrogen-bond acceptors (Lipinski definition) is 6. The van der Waals surface area contributed by atoms with Crippen LogP contribution in [0.25, 0.3) is 10.9 Å². The number of rotatable bonds is 5. The van der Waals surface area contributed by atoms with Crippen LogP contribution in [-0.4, -0.2) is 26.3 Å². The van der Waals surface area contributed by atoms with Gasteiger partial charge in [0.1, 0.15) is 21.4 Å². The van der Waals surface area contributed by atoms with E-state index < -0.39 is 5.97 Å². The van der Waals surface area contributed by atoms with Crippen molar-refractivity contribution in [3.05, 3.63) is 45.4 Å². The Hall–Kier alpha value is -2.54. The van der Waals surface area contributed by atoms with Crippen LogP contribution in [0.1, 0.15) is 44.7 Å². The fourth-order valence-electron chi connectivity index (χ4n) is 2.76. The first-order valence-corrected chi connectivity index (χ1v) is 8.64. The number of carboxylic acid groups (broad SMARTS) is 1. The molecule has 0 amide bonds. The van der Waals surface area contributed by atoms with E-state index in [4.69, 9.17) is 0 Å². The summed E-state index contributed by atoms with van der Waals surface area (Å²) in [6, 6.07) is 7.55. The summed E-state index contributed by atoms with van der Waals surface area (Å²) in [5.41, 5.74) is 1.70. The van der Waals surface area contributed by atoms with Gasteiger partial charge in [-0.1, -0.05) is 29.5 Å². The van der Waals surface area contributed by atoms with Gasteiger partial charge in [0.05, 0.1) is 12.1 Å². The van der Waals surface area contributed by atoms with Crippen LogP contribution in [0, 0.1) is 6.92 Å². The van der Waals surface area contributed by atoms with Crippen molar-refractivity contribution in [2.24, 2.45) is 0 Å². The molecule has 0 unspecified atom stereocenters. The highest BCUT2D eigenvalue weighted by Crippen LogP contribution is 2.41. The van der Waals surface area contributed by atoms with Gasteiger partial charge in [0, 0.05) is 11.3 Å². The lowest BCUT2D eigenvalue weighted by molar-refractivity contribution is 0.0697. The summed E-state index contributed by atoms with van der Waals surface area (Å²) in [5.74, 6) is -0.0297. The van der Waals surface area contributed by atoms with Gasteiger partial charge in [-0.25, -0.2) is 9.78 Å². The van der Waals surface area contributed by atoms with Crippen LogP contribution < -0.4 is 5.32 Å². The Labute approximate surface area is 142 Å².